The number of aryl methyl sites for hydroxylation is 1. The Hall–Kier alpha value is -0.550. The van der Waals surface area contributed by atoms with Crippen LogP contribution in [-0.2, 0) is 0 Å². The molecule has 102 valence electrons. The van der Waals surface area contributed by atoms with Gasteiger partial charge in [0.15, 0.2) is 0 Å². The molecule has 0 saturated carbocycles. The summed E-state index contributed by atoms with van der Waals surface area (Å²) in [6.07, 6.45) is -4.16. The molecule has 1 atom stereocenters. The Morgan fingerprint density at radius 3 is 2.50 bits per heavy atom. The van der Waals surface area contributed by atoms with E-state index in [1.54, 1.807) is 7.05 Å². The molecule has 0 aromatic heterocycles. The van der Waals surface area contributed by atoms with Gasteiger partial charge in [-0.15, -0.1) is 0 Å². The van der Waals surface area contributed by atoms with E-state index in [2.05, 4.69) is 21.2 Å². The molecule has 1 aromatic carbocycles. The fraction of sp³-hybridized carbons (Fsp3) is 0.538. The Labute approximate surface area is 114 Å². The lowest BCUT2D eigenvalue weighted by atomic mass is 9.99. The maximum atomic E-state index is 12.1. The lowest BCUT2D eigenvalue weighted by molar-refractivity contribution is -0.135. The highest BCUT2D eigenvalue weighted by Gasteiger charge is 2.26. The number of halogens is 4. The second kappa shape index (κ2) is 6.57. The van der Waals surface area contributed by atoms with Crippen LogP contribution in [0.25, 0.3) is 0 Å². The molecule has 0 aliphatic rings. The molecule has 0 radical (unpaired) electrons. The molecule has 0 saturated heterocycles. The second-order valence-electron chi connectivity index (χ2n) is 4.36. The molecule has 0 amide bonds. The average Bonchev–Trinajstić information content (AvgIpc) is 2.27. The van der Waals surface area contributed by atoms with E-state index in [0.29, 0.717) is 6.42 Å². The van der Waals surface area contributed by atoms with Crippen molar-refractivity contribution in [3.63, 3.8) is 0 Å². The molecule has 1 rings (SSSR count). The van der Waals surface area contributed by atoms with Gasteiger partial charge >= 0.3 is 6.18 Å². The van der Waals surface area contributed by atoms with Crippen molar-refractivity contribution < 1.29 is 13.2 Å². The zero-order valence-electron chi connectivity index (χ0n) is 10.4. The van der Waals surface area contributed by atoms with Gasteiger partial charge in [-0.3, -0.25) is 0 Å². The van der Waals surface area contributed by atoms with Crippen LogP contribution in [0.2, 0.25) is 0 Å². The minimum absolute atomic E-state index is 0.0286. The standard InChI is InChI=1S/C13H17BrF3N/c1-9-8-10(5-6-11(9)14)12(18-2)4-3-7-13(15,16)17/h5-6,8,12,18H,3-4,7H2,1-2H3. The van der Waals surface area contributed by atoms with Crippen molar-refractivity contribution in [2.75, 3.05) is 7.05 Å². The minimum atomic E-state index is -4.06. The van der Waals surface area contributed by atoms with Gasteiger partial charge in [0.2, 0.25) is 0 Å². The van der Waals surface area contributed by atoms with Gasteiger partial charge in [-0.05, 0) is 44.0 Å². The van der Waals surface area contributed by atoms with Gasteiger partial charge < -0.3 is 5.32 Å². The Morgan fingerprint density at radius 1 is 1.33 bits per heavy atom. The third-order valence-electron chi connectivity index (χ3n) is 2.89. The first-order valence-electron chi connectivity index (χ1n) is 5.83. The summed E-state index contributed by atoms with van der Waals surface area (Å²) >= 11 is 3.41. The number of benzene rings is 1. The molecule has 1 N–H and O–H groups in total. The van der Waals surface area contributed by atoms with E-state index in [4.69, 9.17) is 0 Å². The van der Waals surface area contributed by atoms with Gasteiger partial charge in [0.05, 0.1) is 0 Å². The predicted octanol–water partition coefficient (Wildman–Crippen LogP) is 4.75. The zero-order chi connectivity index (χ0) is 13.8. The summed E-state index contributed by atoms with van der Waals surface area (Å²) in [4.78, 5) is 0. The fourth-order valence-corrected chi connectivity index (χ4v) is 2.12. The molecule has 5 heteroatoms. The molecular formula is C13H17BrF3N. The van der Waals surface area contributed by atoms with Gasteiger partial charge in [-0.1, -0.05) is 28.1 Å². The van der Waals surface area contributed by atoms with Crippen molar-refractivity contribution in [3.8, 4) is 0 Å². The van der Waals surface area contributed by atoms with Gasteiger partial charge in [0, 0.05) is 16.9 Å². The summed E-state index contributed by atoms with van der Waals surface area (Å²) in [5.41, 5.74) is 2.11. The maximum Gasteiger partial charge on any atom is 0.389 e. The highest BCUT2D eigenvalue weighted by atomic mass is 79.9. The van der Waals surface area contributed by atoms with Crippen molar-refractivity contribution in [1.29, 1.82) is 0 Å². The number of alkyl halides is 3. The van der Waals surface area contributed by atoms with E-state index < -0.39 is 12.6 Å². The Morgan fingerprint density at radius 2 is 2.00 bits per heavy atom. The average molecular weight is 324 g/mol. The first-order valence-corrected chi connectivity index (χ1v) is 6.63. The summed E-state index contributed by atoms with van der Waals surface area (Å²) in [6, 6.07) is 5.84. The van der Waals surface area contributed by atoms with Gasteiger partial charge in [-0.2, -0.15) is 13.2 Å². The van der Waals surface area contributed by atoms with E-state index in [1.807, 2.05) is 25.1 Å². The largest absolute Gasteiger partial charge is 0.389 e. The van der Waals surface area contributed by atoms with E-state index in [1.165, 1.54) is 0 Å². The Kier molecular flexibility index (Phi) is 5.66. The number of rotatable bonds is 5. The summed E-state index contributed by atoms with van der Waals surface area (Å²) in [7, 11) is 1.77. The fourth-order valence-electron chi connectivity index (χ4n) is 1.87. The van der Waals surface area contributed by atoms with Crippen LogP contribution in [0.3, 0.4) is 0 Å². The number of nitrogens with one attached hydrogen (secondary N) is 1. The summed E-state index contributed by atoms with van der Waals surface area (Å²) < 4.78 is 37.3. The summed E-state index contributed by atoms with van der Waals surface area (Å²) in [5, 5.41) is 3.07. The van der Waals surface area contributed by atoms with Crippen LogP contribution in [-0.4, -0.2) is 13.2 Å². The molecule has 1 unspecified atom stereocenters. The predicted molar refractivity (Wildman–Crippen MR) is 70.6 cm³/mol. The van der Waals surface area contributed by atoms with E-state index in [0.717, 1.165) is 15.6 Å². The first-order chi connectivity index (χ1) is 8.33. The van der Waals surface area contributed by atoms with Crippen LogP contribution in [0.15, 0.2) is 22.7 Å². The molecule has 1 aromatic rings. The topological polar surface area (TPSA) is 12.0 Å². The quantitative estimate of drug-likeness (QED) is 0.824. The molecule has 0 aliphatic heterocycles. The molecule has 1 nitrogen and oxygen atoms in total. The van der Waals surface area contributed by atoms with E-state index in [9.17, 15) is 13.2 Å². The molecule has 0 aliphatic carbocycles. The van der Waals surface area contributed by atoms with Gasteiger partial charge in [0.1, 0.15) is 0 Å². The van der Waals surface area contributed by atoms with Gasteiger partial charge in [-0.25, -0.2) is 0 Å². The normalized spacial score (nSPS) is 13.7. The Balaban J connectivity index is 2.63. The van der Waals surface area contributed by atoms with Crippen LogP contribution in [0.1, 0.15) is 36.4 Å². The summed E-state index contributed by atoms with van der Waals surface area (Å²) in [6.45, 7) is 1.97. The number of hydrogen-bond acceptors (Lipinski definition) is 1. The molecule has 0 fully saturated rings. The third-order valence-corrected chi connectivity index (χ3v) is 3.78. The first kappa shape index (κ1) is 15.5. The van der Waals surface area contributed by atoms with Gasteiger partial charge in [0.25, 0.3) is 0 Å². The summed E-state index contributed by atoms with van der Waals surface area (Å²) in [5.74, 6) is 0. The van der Waals surface area contributed by atoms with Crippen molar-refractivity contribution in [2.24, 2.45) is 0 Å². The van der Waals surface area contributed by atoms with E-state index >= 15 is 0 Å². The molecule has 0 spiro atoms. The molecule has 0 heterocycles. The highest BCUT2D eigenvalue weighted by molar-refractivity contribution is 9.10. The molecule has 0 bridgehead atoms. The zero-order valence-corrected chi connectivity index (χ0v) is 12.0. The van der Waals surface area contributed by atoms with Crippen LogP contribution in [0.4, 0.5) is 13.2 Å². The molecule has 18 heavy (non-hydrogen) atoms. The number of hydrogen-bond donors (Lipinski definition) is 1. The molecular weight excluding hydrogens is 307 g/mol. The SMILES string of the molecule is CNC(CCCC(F)(F)F)c1ccc(Br)c(C)c1. The lowest BCUT2D eigenvalue weighted by Gasteiger charge is -2.18. The van der Waals surface area contributed by atoms with Crippen molar-refractivity contribution in [3.05, 3.63) is 33.8 Å². The van der Waals surface area contributed by atoms with Crippen molar-refractivity contribution in [1.82, 2.24) is 5.32 Å². The Bertz CT molecular complexity index is 390. The monoisotopic (exact) mass is 323 g/mol. The van der Waals surface area contributed by atoms with Crippen LogP contribution >= 0.6 is 15.9 Å². The third kappa shape index (κ3) is 4.98. The highest BCUT2D eigenvalue weighted by Crippen LogP contribution is 2.27. The van der Waals surface area contributed by atoms with Crippen LogP contribution in [0, 0.1) is 6.92 Å². The van der Waals surface area contributed by atoms with Crippen LogP contribution in [0.5, 0.6) is 0 Å². The lowest BCUT2D eigenvalue weighted by Crippen LogP contribution is -2.17. The maximum absolute atomic E-state index is 12.1. The minimum Gasteiger partial charge on any atom is -0.313 e. The van der Waals surface area contributed by atoms with Crippen molar-refractivity contribution in [2.45, 2.75) is 38.4 Å². The van der Waals surface area contributed by atoms with Crippen LogP contribution < -0.4 is 5.32 Å². The second-order valence-corrected chi connectivity index (χ2v) is 5.21. The smallest absolute Gasteiger partial charge is 0.313 e. The van der Waals surface area contributed by atoms with E-state index in [-0.39, 0.29) is 12.5 Å². The van der Waals surface area contributed by atoms with Crippen molar-refractivity contribution >= 4 is 15.9 Å².